The summed E-state index contributed by atoms with van der Waals surface area (Å²) in [6, 6.07) is 41.6. The molecule has 1 saturated carbocycles. The smallest absolute Gasteiger partial charge is 0.160 e. The minimum Gasteiger partial charge on any atom is -0.228 e. The second-order valence-electron chi connectivity index (χ2n) is 12.9. The van der Waals surface area contributed by atoms with Crippen molar-refractivity contribution in [3.8, 4) is 33.9 Å². The van der Waals surface area contributed by atoms with Crippen LogP contribution in [0.2, 0.25) is 0 Å². The Hall–Kier alpha value is -5.08. The lowest BCUT2D eigenvalue weighted by molar-refractivity contribution is 0.346. The van der Waals surface area contributed by atoms with Crippen molar-refractivity contribution < 1.29 is 0 Å². The second-order valence-corrected chi connectivity index (χ2v) is 12.9. The molecule has 0 amide bonds. The molecule has 0 bridgehead atoms. The maximum atomic E-state index is 5.07. The maximum Gasteiger partial charge on any atom is 0.160 e. The third kappa shape index (κ3) is 5.49. The summed E-state index contributed by atoms with van der Waals surface area (Å²) in [5.41, 5.74) is 12.2. The van der Waals surface area contributed by atoms with E-state index >= 15 is 0 Å². The summed E-state index contributed by atoms with van der Waals surface area (Å²) < 4.78 is 0. The summed E-state index contributed by atoms with van der Waals surface area (Å²) in [4.78, 5) is 10.1. The first-order chi connectivity index (χ1) is 22.7. The molecule has 0 saturated heterocycles. The van der Waals surface area contributed by atoms with Crippen molar-refractivity contribution in [3.05, 3.63) is 174 Å². The highest BCUT2D eigenvalue weighted by molar-refractivity contribution is 5.73. The predicted molar refractivity (Wildman–Crippen MR) is 191 cm³/mol. The van der Waals surface area contributed by atoms with E-state index in [-0.39, 0.29) is 5.41 Å². The van der Waals surface area contributed by atoms with Crippen LogP contribution in [0.3, 0.4) is 0 Å². The largest absolute Gasteiger partial charge is 0.228 e. The van der Waals surface area contributed by atoms with Crippen molar-refractivity contribution in [1.82, 2.24) is 9.97 Å². The van der Waals surface area contributed by atoms with Crippen LogP contribution in [0.15, 0.2) is 157 Å². The van der Waals surface area contributed by atoms with E-state index in [4.69, 9.17) is 9.97 Å². The van der Waals surface area contributed by atoms with Gasteiger partial charge in [0.2, 0.25) is 0 Å². The molecule has 224 valence electrons. The van der Waals surface area contributed by atoms with Gasteiger partial charge in [0.25, 0.3) is 0 Å². The van der Waals surface area contributed by atoms with Crippen molar-refractivity contribution in [2.24, 2.45) is 5.92 Å². The Kier molecular flexibility index (Phi) is 7.64. The summed E-state index contributed by atoms with van der Waals surface area (Å²) in [7, 11) is 0. The molecule has 1 heterocycles. The molecule has 0 radical (unpaired) electrons. The minimum atomic E-state index is 0.0299. The van der Waals surface area contributed by atoms with E-state index in [2.05, 4.69) is 140 Å². The first kappa shape index (κ1) is 28.4. The molecule has 4 aromatic carbocycles. The van der Waals surface area contributed by atoms with Gasteiger partial charge in [-0.15, -0.1) is 0 Å². The van der Waals surface area contributed by atoms with Crippen LogP contribution in [0.1, 0.15) is 55.2 Å². The normalized spacial score (nSPS) is 18.4. The Labute approximate surface area is 272 Å². The van der Waals surface area contributed by atoms with Crippen molar-refractivity contribution >= 4 is 5.57 Å². The first-order valence-electron chi connectivity index (χ1n) is 16.7. The molecule has 3 aliphatic rings. The van der Waals surface area contributed by atoms with E-state index < -0.39 is 0 Å². The van der Waals surface area contributed by atoms with Crippen LogP contribution in [0, 0.1) is 5.92 Å². The number of benzene rings is 4. The van der Waals surface area contributed by atoms with E-state index in [1.807, 2.05) is 12.1 Å². The predicted octanol–water partition coefficient (Wildman–Crippen LogP) is 11.2. The van der Waals surface area contributed by atoms with Gasteiger partial charge < -0.3 is 0 Å². The van der Waals surface area contributed by atoms with Crippen molar-refractivity contribution in [2.45, 2.75) is 43.9 Å². The van der Waals surface area contributed by atoms with Gasteiger partial charge in [0, 0.05) is 28.0 Å². The average Bonchev–Trinajstić information content (AvgIpc) is 3.15. The topological polar surface area (TPSA) is 25.8 Å². The summed E-state index contributed by atoms with van der Waals surface area (Å²) in [6.07, 6.45) is 20.8. The molecule has 5 aromatic rings. The minimum absolute atomic E-state index is 0.0299. The molecule has 1 atom stereocenters. The number of rotatable bonds is 6. The monoisotopic (exact) mass is 594 g/mol. The Morgan fingerprint density at radius 3 is 1.74 bits per heavy atom. The molecule has 0 aliphatic heterocycles. The third-order valence-electron chi connectivity index (χ3n) is 10.2. The highest BCUT2D eigenvalue weighted by atomic mass is 14.9. The van der Waals surface area contributed by atoms with Gasteiger partial charge in [-0.25, -0.2) is 9.97 Å². The lowest BCUT2D eigenvalue weighted by atomic mass is 9.65. The number of allylic oxidation sites excluding steroid dienone is 8. The molecule has 1 aromatic heterocycles. The SMILES string of the molecule is C1=CC2=CC=C(c3ccc(C4(c5ccc(-c6nc(-c7ccccc7)cc(-c7ccccc7)n6)cc5)CCCCC4)cc3)CC2C=C1. The fourth-order valence-corrected chi connectivity index (χ4v) is 7.61. The lowest BCUT2D eigenvalue weighted by Gasteiger charge is -2.39. The number of hydrogen-bond donors (Lipinski definition) is 0. The standard InChI is InChI=1S/C44H38N2/c1-4-13-34(14-5-1)41-31-42(35-15-6-2-7-16-35)46-43(45-41)36-22-26-40(27-23-36)44(28-10-3-11-29-44)39-24-20-33(21-25-39)38-19-18-32-12-8-9-17-37(32)30-38/h1-2,4-9,12-27,31,37H,3,10-11,28-30H2. The molecule has 2 heteroatoms. The van der Waals surface area contributed by atoms with Crippen LogP contribution in [-0.4, -0.2) is 9.97 Å². The number of aromatic nitrogens is 2. The molecule has 1 unspecified atom stereocenters. The van der Waals surface area contributed by atoms with Gasteiger partial charge in [-0.1, -0.05) is 165 Å². The van der Waals surface area contributed by atoms with Crippen LogP contribution in [-0.2, 0) is 5.41 Å². The van der Waals surface area contributed by atoms with Crippen molar-refractivity contribution in [1.29, 1.82) is 0 Å². The van der Waals surface area contributed by atoms with Crippen LogP contribution < -0.4 is 0 Å². The van der Waals surface area contributed by atoms with Crippen LogP contribution in [0.5, 0.6) is 0 Å². The molecule has 0 N–H and O–H groups in total. The van der Waals surface area contributed by atoms with E-state index in [0.717, 1.165) is 40.3 Å². The van der Waals surface area contributed by atoms with Crippen molar-refractivity contribution in [3.63, 3.8) is 0 Å². The van der Waals surface area contributed by atoms with E-state index in [1.165, 1.54) is 59.9 Å². The van der Waals surface area contributed by atoms with E-state index in [9.17, 15) is 0 Å². The molecular weight excluding hydrogens is 556 g/mol. The fraction of sp³-hybridized carbons (Fsp3) is 0.182. The Bertz CT molecular complexity index is 1900. The maximum absolute atomic E-state index is 5.07. The van der Waals surface area contributed by atoms with E-state index in [1.54, 1.807) is 0 Å². The van der Waals surface area contributed by atoms with Gasteiger partial charge in [-0.05, 0) is 53.2 Å². The number of hydrogen-bond acceptors (Lipinski definition) is 2. The van der Waals surface area contributed by atoms with Crippen LogP contribution in [0.4, 0.5) is 0 Å². The molecule has 3 aliphatic carbocycles. The first-order valence-corrected chi connectivity index (χ1v) is 16.7. The summed E-state index contributed by atoms with van der Waals surface area (Å²) in [5.74, 6) is 1.25. The molecule has 8 rings (SSSR count). The summed E-state index contributed by atoms with van der Waals surface area (Å²) >= 11 is 0. The summed E-state index contributed by atoms with van der Waals surface area (Å²) in [6.45, 7) is 0. The highest BCUT2D eigenvalue weighted by Crippen LogP contribution is 2.46. The van der Waals surface area contributed by atoms with Crippen molar-refractivity contribution in [2.75, 3.05) is 0 Å². The van der Waals surface area contributed by atoms with Gasteiger partial charge in [-0.3, -0.25) is 0 Å². The Morgan fingerprint density at radius 1 is 0.543 bits per heavy atom. The zero-order valence-corrected chi connectivity index (χ0v) is 26.1. The fourth-order valence-electron chi connectivity index (χ4n) is 7.61. The zero-order chi connectivity index (χ0) is 30.8. The Morgan fingerprint density at radius 2 is 1.13 bits per heavy atom. The molecule has 1 fully saturated rings. The lowest BCUT2D eigenvalue weighted by Crippen LogP contribution is -2.30. The highest BCUT2D eigenvalue weighted by Gasteiger charge is 2.35. The number of fused-ring (bicyclic) bond motifs is 1. The van der Waals surface area contributed by atoms with Crippen LogP contribution >= 0.6 is 0 Å². The van der Waals surface area contributed by atoms with Gasteiger partial charge in [0.1, 0.15) is 0 Å². The van der Waals surface area contributed by atoms with Gasteiger partial charge in [-0.2, -0.15) is 0 Å². The number of nitrogens with zero attached hydrogens (tertiary/aromatic N) is 2. The summed E-state index contributed by atoms with van der Waals surface area (Å²) in [5, 5.41) is 0. The zero-order valence-electron chi connectivity index (χ0n) is 26.1. The third-order valence-corrected chi connectivity index (χ3v) is 10.2. The molecule has 0 spiro atoms. The Balaban J connectivity index is 1.13. The molecule has 2 nitrogen and oxygen atoms in total. The quantitative estimate of drug-likeness (QED) is 0.195. The molecular formula is C44H38N2. The van der Waals surface area contributed by atoms with Gasteiger partial charge >= 0.3 is 0 Å². The van der Waals surface area contributed by atoms with Gasteiger partial charge in [0.15, 0.2) is 5.82 Å². The molecule has 46 heavy (non-hydrogen) atoms. The average molecular weight is 595 g/mol. The van der Waals surface area contributed by atoms with Gasteiger partial charge in [0.05, 0.1) is 11.4 Å². The second kappa shape index (κ2) is 12.4. The van der Waals surface area contributed by atoms with E-state index in [0.29, 0.717) is 5.92 Å². The van der Waals surface area contributed by atoms with Crippen LogP contribution in [0.25, 0.3) is 39.5 Å².